The number of nitro groups is 1. The van der Waals surface area contributed by atoms with E-state index in [9.17, 15) is 15.4 Å². The second-order valence-electron chi connectivity index (χ2n) is 6.10. The van der Waals surface area contributed by atoms with Crippen molar-refractivity contribution in [1.82, 2.24) is 10.2 Å². The normalized spacial score (nSPS) is 15.5. The van der Waals surface area contributed by atoms with E-state index in [-0.39, 0.29) is 23.0 Å². The molecule has 0 spiro atoms. The lowest BCUT2D eigenvalue weighted by molar-refractivity contribution is -0.384. The first-order chi connectivity index (χ1) is 13.5. The monoisotopic (exact) mass is 393 g/mol. The standard InChI is InChI=1S/C19H12ClN5O3/c20-12-5-1-10(2-6-12)15-14(9-21)18(22)28-19-16(15)17(23-24-19)11-3-7-13(8-4-11)25(26)27/h1-8,15H,22H2,(H,23,24). The zero-order valence-electron chi connectivity index (χ0n) is 14.2. The van der Waals surface area contributed by atoms with Gasteiger partial charge in [0, 0.05) is 22.7 Å². The van der Waals surface area contributed by atoms with E-state index < -0.39 is 10.8 Å². The van der Waals surface area contributed by atoms with Crippen LogP contribution in [0, 0.1) is 21.4 Å². The van der Waals surface area contributed by atoms with E-state index in [2.05, 4.69) is 16.3 Å². The van der Waals surface area contributed by atoms with Crippen molar-refractivity contribution in [3.05, 3.63) is 86.3 Å². The molecule has 0 saturated carbocycles. The molecule has 0 aliphatic carbocycles. The van der Waals surface area contributed by atoms with Crippen molar-refractivity contribution in [3.8, 4) is 23.2 Å². The fourth-order valence-corrected chi connectivity index (χ4v) is 3.33. The summed E-state index contributed by atoms with van der Waals surface area (Å²) in [6.07, 6.45) is 0. The molecule has 3 aromatic rings. The first-order valence-electron chi connectivity index (χ1n) is 8.15. The first kappa shape index (κ1) is 17.6. The third-order valence-corrected chi connectivity index (χ3v) is 4.76. The van der Waals surface area contributed by atoms with Gasteiger partial charge in [0.25, 0.3) is 5.69 Å². The Morgan fingerprint density at radius 1 is 1.21 bits per heavy atom. The second kappa shape index (κ2) is 6.72. The lowest BCUT2D eigenvalue weighted by Gasteiger charge is -2.24. The largest absolute Gasteiger partial charge is 0.420 e. The Morgan fingerprint density at radius 3 is 2.50 bits per heavy atom. The zero-order valence-corrected chi connectivity index (χ0v) is 15.0. The lowest BCUT2D eigenvalue weighted by Crippen LogP contribution is -2.20. The van der Waals surface area contributed by atoms with Crippen molar-refractivity contribution < 1.29 is 9.66 Å². The summed E-state index contributed by atoms with van der Waals surface area (Å²) in [5, 5.41) is 28.2. The number of nitro benzene ring substituents is 1. The molecule has 0 fully saturated rings. The van der Waals surface area contributed by atoms with Crippen LogP contribution in [0.1, 0.15) is 17.0 Å². The number of nitriles is 1. The maximum Gasteiger partial charge on any atom is 0.269 e. The number of allylic oxidation sites excluding steroid dienone is 1. The number of H-pyrrole nitrogens is 1. The summed E-state index contributed by atoms with van der Waals surface area (Å²) < 4.78 is 5.53. The molecule has 0 bridgehead atoms. The molecule has 2 heterocycles. The summed E-state index contributed by atoms with van der Waals surface area (Å²) in [6.45, 7) is 0. The number of aromatic nitrogens is 2. The first-order valence-corrected chi connectivity index (χ1v) is 8.53. The Kier molecular flexibility index (Phi) is 4.22. The molecule has 4 rings (SSSR count). The van der Waals surface area contributed by atoms with Crippen LogP contribution in [0.15, 0.2) is 60.0 Å². The van der Waals surface area contributed by atoms with Crippen LogP contribution in [0.2, 0.25) is 5.02 Å². The summed E-state index contributed by atoms with van der Waals surface area (Å²) >= 11 is 6.00. The van der Waals surface area contributed by atoms with Gasteiger partial charge in [-0.2, -0.15) is 5.26 Å². The number of ether oxygens (including phenoxy) is 1. The number of non-ortho nitro benzene ring substituents is 1. The van der Waals surface area contributed by atoms with Gasteiger partial charge in [-0.05, 0) is 29.8 Å². The Hall–Kier alpha value is -3.83. The van der Waals surface area contributed by atoms with Crippen LogP contribution in [0.4, 0.5) is 5.69 Å². The second-order valence-corrected chi connectivity index (χ2v) is 6.53. The molecule has 2 aromatic carbocycles. The number of fused-ring (bicyclic) bond motifs is 1. The predicted octanol–water partition coefficient (Wildman–Crippen LogP) is 3.86. The Labute approximate surface area is 164 Å². The number of nitrogens with zero attached hydrogens (tertiary/aromatic N) is 3. The minimum atomic E-state index is -0.519. The molecule has 28 heavy (non-hydrogen) atoms. The van der Waals surface area contributed by atoms with E-state index in [0.29, 0.717) is 21.8 Å². The minimum absolute atomic E-state index is 0.0169. The molecule has 138 valence electrons. The van der Waals surface area contributed by atoms with Crippen LogP contribution in [-0.2, 0) is 0 Å². The van der Waals surface area contributed by atoms with Crippen LogP contribution in [-0.4, -0.2) is 15.1 Å². The van der Waals surface area contributed by atoms with Gasteiger partial charge in [0.1, 0.15) is 11.6 Å². The number of nitrogens with one attached hydrogen (secondary N) is 1. The van der Waals surface area contributed by atoms with Crippen LogP contribution in [0.25, 0.3) is 11.3 Å². The summed E-state index contributed by atoms with van der Waals surface area (Å²) in [5.74, 6) is -0.281. The van der Waals surface area contributed by atoms with Crippen LogP contribution in [0.3, 0.4) is 0 Å². The third-order valence-electron chi connectivity index (χ3n) is 4.51. The van der Waals surface area contributed by atoms with Crippen molar-refractivity contribution in [1.29, 1.82) is 5.26 Å². The van der Waals surface area contributed by atoms with Gasteiger partial charge in [0.05, 0.1) is 22.1 Å². The van der Waals surface area contributed by atoms with E-state index in [0.717, 1.165) is 5.56 Å². The van der Waals surface area contributed by atoms with Gasteiger partial charge in [0.15, 0.2) is 0 Å². The predicted molar refractivity (Wildman–Crippen MR) is 101 cm³/mol. The van der Waals surface area contributed by atoms with E-state index in [4.69, 9.17) is 22.1 Å². The average molecular weight is 394 g/mol. The van der Waals surface area contributed by atoms with Gasteiger partial charge in [0.2, 0.25) is 11.8 Å². The number of benzene rings is 2. The number of hydrogen-bond acceptors (Lipinski definition) is 6. The SMILES string of the molecule is N#CC1=C(N)Oc2n[nH]c(-c3ccc([N+](=O)[O-])cc3)c2C1c1ccc(Cl)cc1. The highest BCUT2D eigenvalue weighted by Crippen LogP contribution is 2.45. The quantitative estimate of drug-likeness (QED) is 0.513. The summed E-state index contributed by atoms with van der Waals surface area (Å²) in [4.78, 5) is 10.4. The summed E-state index contributed by atoms with van der Waals surface area (Å²) in [5.41, 5.74) is 8.84. The van der Waals surface area contributed by atoms with Gasteiger partial charge in [-0.25, -0.2) is 0 Å². The zero-order chi connectivity index (χ0) is 19.8. The van der Waals surface area contributed by atoms with E-state index in [1.807, 2.05) is 0 Å². The molecule has 1 unspecified atom stereocenters. The molecular weight excluding hydrogens is 382 g/mol. The van der Waals surface area contributed by atoms with Crippen molar-refractivity contribution in [2.24, 2.45) is 5.73 Å². The molecule has 8 nitrogen and oxygen atoms in total. The Bertz CT molecular complexity index is 1140. The molecule has 0 amide bonds. The van der Waals surface area contributed by atoms with Gasteiger partial charge in [-0.1, -0.05) is 23.7 Å². The van der Waals surface area contributed by atoms with Crippen molar-refractivity contribution in [2.45, 2.75) is 5.92 Å². The molecule has 1 atom stereocenters. The fraction of sp³-hybridized carbons (Fsp3) is 0.0526. The highest BCUT2D eigenvalue weighted by Gasteiger charge is 2.35. The van der Waals surface area contributed by atoms with Crippen molar-refractivity contribution in [3.63, 3.8) is 0 Å². The van der Waals surface area contributed by atoms with E-state index in [1.54, 1.807) is 36.4 Å². The van der Waals surface area contributed by atoms with E-state index in [1.165, 1.54) is 12.1 Å². The Balaban J connectivity index is 1.89. The molecule has 1 aliphatic heterocycles. The minimum Gasteiger partial charge on any atom is -0.420 e. The maximum absolute atomic E-state index is 10.9. The highest BCUT2D eigenvalue weighted by molar-refractivity contribution is 6.30. The number of halogens is 1. The maximum atomic E-state index is 10.9. The average Bonchev–Trinajstić information content (AvgIpc) is 3.11. The summed E-state index contributed by atoms with van der Waals surface area (Å²) in [7, 11) is 0. The number of rotatable bonds is 3. The molecule has 1 aromatic heterocycles. The molecular formula is C19H12ClN5O3. The molecule has 0 radical (unpaired) electrons. The lowest BCUT2D eigenvalue weighted by atomic mass is 9.83. The molecule has 3 N–H and O–H groups in total. The highest BCUT2D eigenvalue weighted by atomic mass is 35.5. The van der Waals surface area contributed by atoms with Gasteiger partial charge in [-0.15, -0.1) is 5.10 Å². The van der Waals surface area contributed by atoms with Crippen molar-refractivity contribution >= 4 is 17.3 Å². The fourth-order valence-electron chi connectivity index (χ4n) is 3.20. The number of nitrogens with two attached hydrogens (primary N) is 1. The van der Waals surface area contributed by atoms with Crippen molar-refractivity contribution in [2.75, 3.05) is 0 Å². The molecule has 9 heteroatoms. The van der Waals surface area contributed by atoms with E-state index >= 15 is 0 Å². The molecule has 1 aliphatic rings. The van der Waals surface area contributed by atoms with Crippen LogP contribution < -0.4 is 10.5 Å². The van der Waals surface area contributed by atoms with Gasteiger partial charge in [-0.3, -0.25) is 15.2 Å². The smallest absolute Gasteiger partial charge is 0.269 e. The van der Waals surface area contributed by atoms with Crippen LogP contribution in [0.5, 0.6) is 5.88 Å². The topological polar surface area (TPSA) is 131 Å². The van der Waals surface area contributed by atoms with Gasteiger partial charge >= 0.3 is 0 Å². The number of aromatic amines is 1. The van der Waals surface area contributed by atoms with Crippen LogP contribution >= 0.6 is 11.6 Å². The molecule has 0 saturated heterocycles. The van der Waals surface area contributed by atoms with Gasteiger partial charge < -0.3 is 10.5 Å². The number of hydrogen-bond donors (Lipinski definition) is 2. The third kappa shape index (κ3) is 2.84. The summed E-state index contributed by atoms with van der Waals surface area (Å²) in [6, 6.07) is 15.2. The Morgan fingerprint density at radius 2 is 1.89 bits per heavy atom.